The molecule has 1 atom stereocenters. The number of carbonyl (C=O) groups is 1. The molecule has 16 heavy (non-hydrogen) atoms. The van der Waals surface area contributed by atoms with Crippen LogP contribution in [0.5, 0.6) is 0 Å². The van der Waals surface area contributed by atoms with Gasteiger partial charge in [-0.1, -0.05) is 0 Å². The molecule has 6 nitrogen and oxygen atoms in total. The second kappa shape index (κ2) is 4.34. The maximum atomic E-state index is 11.4. The van der Waals surface area contributed by atoms with E-state index in [9.17, 15) is 4.79 Å². The van der Waals surface area contributed by atoms with Crippen LogP contribution in [0.1, 0.15) is 6.42 Å². The third-order valence-corrected chi connectivity index (χ3v) is 2.72. The van der Waals surface area contributed by atoms with Crippen LogP contribution in [-0.4, -0.2) is 36.1 Å². The molecule has 1 fully saturated rings. The summed E-state index contributed by atoms with van der Waals surface area (Å²) in [6.07, 6.45) is 2.21. The van der Waals surface area contributed by atoms with Crippen molar-refractivity contribution in [1.29, 1.82) is 0 Å². The summed E-state index contributed by atoms with van der Waals surface area (Å²) in [5, 5.41) is 0. The Balaban J connectivity index is 2.06. The number of ether oxygens (including phenoxy) is 1. The largest absolute Gasteiger partial charge is 0.469 e. The fourth-order valence-corrected chi connectivity index (χ4v) is 1.86. The first-order valence-corrected chi connectivity index (χ1v) is 5.11. The number of anilines is 2. The summed E-state index contributed by atoms with van der Waals surface area (Å²) in [4.78, 5) is 21.3. The Morgan fingerprint density at radius 1 is 1.62 bits per heavy atom. The summed E-state index contributed by atoms with van der Waals surface area (Å²) in [5.74, 6) is 0.969. The van der Waals surface area contributed by atoms with Crippen LogP contribution < -0.4 is 10.6 Å². The zero-order chi connectivity index (χ0) is 11.5. The minimum Gasteiger partial charge on any atom is -0.469 e. The molecule has 2 heterocycles. The Bertz CT molecular complexity index is 396. The van der Waals surface area contributed by atoms with Gasteiger partial charge < -0.3 is 15.4 Å². The van der Waals surface area contributed by atoms with Crippen LogP contribution in [0.3, 0.4) is 0 Å². The third kappa shape index (κ3) is 2.05. The lowest BCUT2D eigenvalue weighted by molar-refractivity contribution is -0.144. The summed E-state index contributed by atoms with van der Waals surface area (Å²) in [6.45, 7) is 1.42. The minimum absolute atomic E-state index is 0.0683. The van der Waals surface area contributed by atoms with E-state index in [0.29, 0.717) is 12.4 Å². The number of nitrogen functional groups attached to an aromatic ring is 1. The van der Waals surface area contributed by atoms with Gasteiger partial charge in [-0.2, -0.15) is 0 Å². The first-order valence-electron chi connectivity index (χ1n) is 5.11. The molecule has 0 bridgehead atoms. The van der Waals surface area contributed by atoms with Gasteiger partial charge in [0.1, 0.15) is 18.0 Å². The quantitative estimate of drug-likeness (QED) is 0.712. The van der Waals surface area contributed by atoms with Gasteiger partial charge in [0.15, 0.2) is 0 Å². The molecular formula is C10H14N4O2. The number of esters is 1. The molecule has 2 rings (SSSR count). The van der Waals surface area contributed by atoms with E-state index in [1.165, 1.54) is 13.4 Å². The van der Waals surface area contributed by atoms with Gasteiger partial charge >= 0.3 is 5.97 Å². The molecule has 0 spiro atoms. The van der Waals surface area contributed by atoms with Gasteiger partial charge in [0.25, 0.3) is 0 Å². The number of methoxy groups -OCH3 is 1. The molecule has 1 aromatic heterocycles. The van der Waals surface area contributed by atoms with Gasteiger partial charge in [-0.05, 0) is 6.42 Å². The van der Waals surface area contributed by atoms with Crippen molar-refractivity contribution in [3.05, 3.63) is 12.4 Å². The third-order valence-electron chi connectivity index (χ3n) is 2.72. The predicted molar refractivity (Wildman–Crippen MR) is 58.8 cm³/mol. The highest BCUT2D eigenvalue weighted by Crippen LogP contribution is 2.23. The van der Waals surface area contributed by atoms with Crippen molar-refractivity contribution in [2.75, 3.05) is 30.8 Å². The smallest absolute Gasteiger partial charge is 0.310 e. The van der Waals surface area contributed by atoms with Crippen LogP contribution in [0.25, 0.3) is 0 Å². The van der Waals surface area contributed by atoms with Crippen molar-refractivity contribution in [3.8, 4) is 0 Å². The second-order valence-electron chi connectivity index (χ2n) is 3.76. The van der Waals surface area contributed by atoms with E-state index >= 15 is 0 Å². The molecule has 1 aliphatic heterocycles. The maximum absolute atomic E-state index is 11.4. The maximum Gasteiger partial charge on any atom is 0.310 e. The van der Waals surface area contributed by atoms with Gasteiger partial charge in [0.2, 0.25) is 0 Å². The Morgan fingerprint density at radius 3 is 3.12 bits per heavy atom. The molecule has 1 unspecified atom stereocenters. The molecule has 6 heteroatoms. The molecule has 0 radical (unpaired) electrons. The number of hydrogen-bond donors (Lipinski definition) is 1. The van der Waals surface area contributed by atoms with Crippen LogP contribution >= 0.6 is 0 Å². The Morgan fingerprint density at radius 2 is 2.44 bits per heavy atom. The Kier molecular flexibility index (Phi) is 2.89. The summed E-state index contributed by atoms with van der Waals surface area (Å²) in [7, 11) is 1.41. The average Bonchev–Trinajstić information content (AvgIpc) is 2.77. The van der Waals surface area contributed by atoms with Crippen LogP contribution in [-0.2, 0) is 9.53 Å². The van der Waals surface area contributed by atoms with E-state index in [1.54, 1.807) is 6.07 Å². The first-order chi connectivity index (χ1) is 7.70. The number of aromatic nitrogens is 2. The molecule has 0 saturated carbocycles. The monoisotopic (exact) mass is 222 g/mol. The summed E-state index contributed by atoms with van der Waals surface area (Å²) in [6, 6.07) is 1.71. The van der Waals surface area contributed by atoms with Crippen LogP contribution in [0.2, 0.25) is 0 Å². The zero-order valence-corrected chi connectivity index (χ0v) is 9.09. The van der Waals surface area contributed by atoms with Crippen molar-refractivity contribution in [3.63, 3.8) is 0 Å². The molecule has 1 aliphatic rings. The summed E-state index contributed by atoms with van der Waals surface area (Å²) < 4.78 is 4.72. The van der Waals surface area contributed by atoms with Crippen molar-refractivity contribution in [1.82, 2.24) is 9.97 Å². The number of carbonyl (C=O) groups excluding carboxylic acids is 1. The number of nitrogens with two attached hydrogens (primary N) is 1. The van der Waals surface area contributed by atoms with Gasteiger partial charge in [-0.25, -0.2) is 9.97 Å². The predicted octanol–water partition coefficient (Wildman–Crippen LogP) is 0.0581. The van der Waals surface area contributed by atoms with Gasteiger partial charge in [0.05, 0.1) is 13.0 Å². The molecule has 0 aromatic carbocycles. The minimum atomic E-state index is -0.162. The van der Waals surface area contributed by atoms with E-state index in [2.05, 4.69) is 9.97 Å². The highest BCUT2D eigenvalue weighted by atomic mass is 16.5. The molecule has 2 N–H and O–H groups in total. The Hall–Kier alpha value is -1.85. The van der Waals surface area contributed by atoms with E-state index in [1.807, 2.05) is 4.90 Å². The van der Waals surface area contributed by atoms with Crippen molar-refractivity contribution < 1.29 is 9.53 Å². The SMILES string of the molecule is COC(=O)C1CCN(c2cc(N)ncn2)C1. The van der Waals surface area contributed by atoms with E-state index in [-0.39, 0.29) is 11.9 Å². The molecule has 0 aliphatic carbocycles. The van der Waals surface area contributed by atoms with Crippen LogP contribution in [0, 0.1) is 5.92 Å². The molecular weight excluding hydrogens is 208 g/mol. The first kappa shape index (κ1) is 10.7. The van der Waals surface area contributed by atoms with Crippen molar-refractivity contribution >= 4 is 17.6 Å². The molecule has 1 saturated heterocycles. The molecule has 86 valence electrons. The molecule has 1 aromatic rings. The standard InChI is InChI=1S/C10H14N4O2/c1-16-10(15)7-2-3-14(5-7)9-4-8(11)12-6-13-9/h4,6-7H,2-3,5H2,1H3,(H2,11,12,13). The normalized spacial score (nSPS) is 19.8. The van der Waals surface area contributed by atoms with Crippen molar-refractivity contribution in [2.24, 2.45) is 5.92 Å². The van der Waals surface area contributed by atoms with Gasteiger partial charge in [-0.15, -0.1) is 0 Å². The average molecular weight is 222 g/mol. The zero-order valence-electron chi connectivity index (χ0n) is 9.09. The number of nitrogens with zero attached hydrogens (tertiary/aromatic N) is 3. The van der Waals surface area contributed by atoms with Gasteiger partial charge in [0, 0.05) is 19.2 Å². The summed E-state index contributed by atoms with van der Waals surface area (Å²) in [5.41, 5.74) is 5.58. The lowest BCUT2D eigenvalue weighted by atomic mass is 10.1. The highest BCUT2D eigenvalue weighted by Gasteiger charge is 2.29. The van der Waals surface area contributed by atoms with Crippen LogP contribution in [0.4, 0.5) is 11.6 Å². The molecule has 0 amide bonds. The van der Waals surface area contributed by atoms with Crippen LogP contribution in [0.15, 0.2) is 12.4 Å². The van der Waals surface area contributed by atoms with E-state index in [4.69, 9.17) is 10.5 Å². The van der Waals surface area contributed by atoms with Gasteiger partial charge in [-0.3, -0.25) is 4.79 Å². The van der Waals surface area contributed by atoms with Crippen molar-refractivity contribution in [2.45, 2.75) is 6.42 Å². The van der Waals surface area contributed by atoms with E-state index < -0.39 is 0 Å². The fraction of sp³-hybridized carbons (Fsp3) is 0.500. The lowest BCUT2D eigenvalue weighted by Crippen LogP contribution is -2.24. The number of hydrogen-bond acceptors (Lipinski definition) is 6. The highest BCUT2D eigenvalue weighted by molar-refractivity contribution is 5.74. The van der Waals surface area contributed by atoms with E-state index in [0.717, 1.165) is 18.8 Å². The fourth-order valence-electron chi connectivity index (χ4n) is 1.86. The Labute approximate surface area is 93.4 Å². The summed E-state index contributed by atoms with van der Waals surface area (Å²) >= 11 is 0. The second-order valence-corrected chi connectivity index (χ2v) is 3.76. The number of rotatable bonds is 2. The lowest BCUT2D eigenvalue weighted by Gasteiger charge is -2.16. The topological polar surface area (TPSA) is 81.3 Å².